The second-order valence-electron chi connectivity index (χ2n) is 5.87. The van der Waals surface area contributed by atoms with Gasteiger partial charge in [0.05, 0.1) is 11.7 Å². The number of piperazine rings is 1. The SMILES string of the molecule is N#Cc1ccc(N2CCN(CC(O)c3ccc(Cl)cc3)CC2)nc1. The van der Waals surface area contributed by atoms with E-state index in [1.165, 1.54) is 0 Å². The zero-order chi connectivity index (χ0) is 16.9. The lowest BCUT2D eigenvalue weighted by Crippen LogP contribution is -2.47. The summed E-state index contributed by atoms with van der Waals surface area (Å²) < 4.78 is 0. The molecule has 1 aliphatic heterocycles. The minimum atomic E-state index is -0.512. The molecule has 2 aromatic rings. The molecule has 0 spiro atoms. The van der Waals surface area contributed by atoms with Crippen LogP contribution in [-0.2, 0) is 0 Å². The summed E-state index contributed by atoms with van der Waals surface area (Å²) in [6.45, 7) is 4.05. The van der Waals surface area contributed by atoms with Crippen LogP contribution in [0.2, 0.25) is 5.02 Å². The molecule has 6 heteroatoms. The average molecular weight is 343 g/mol. The Kier molecular flexibility index (Phi) is 5.31. The average Bonchev–Trinajstić information content (AvgIpc) is 2.63. The molecule has 0 aliphatic carbocycles. The second kappa shape index (κ2) is 7.63. The Balaban J connectivity index is 1.53. The maximum absolute atomic E-state index is 10.4. The molecule has 1 aromatic heterocycles. The van der Waals surface area contributed by atoms with Crippen LogP contribution in [0.1, 0.15) is 17.2 Å². The van der Waals surface area contributed by atoms with Crippen LogP contribution in [0, 0.1) is 11.3 Å². The highest BCUT2D eigenvalue weighted by molar-refractivity contribution is 6.30. The van der Waals surface area contributed by atoms with Gasteiger partial charge in [-0.1, -0.05) is 23.7 Å². The molecule has 1 aromatic carbocycles. The van der Waals surface area contributed by atoms with Crippen LogP contribution in [-0.4, -0.2) is 47.7 Å². The fourth-order valence-corrected chi connectivity index (χ4v) is 2.96. The van der Waals surface area contributed by atoms with Gasteiger partial charge < -0.3 is 10.0 Å². The first-order valence-electron chi connectivity index (χ1n) is 7.92. The Bertz CT molecular complexity index is 703. The summed E-state index contributed by atoms with van der Waals surface area (Å²) in [6, 6.07) is 13.1. The van der Waals surface area contributed by atoms with Crippen LogP contribution in [0.5, 0.6) is 0 Å². The number of aromatic nitrogens is 1. The van der Waals surface area contributed by atoms with Crippen molar-refractivity contribution in [3.63, 3.8) is 0 Å². The van der Waals surface area contributed by atoms with E-state index in [1.54, 1.807) is 24.4 Å². The van der Waals surface area contributed by atoms with Crippen molar-refractivity contribution in [2.75, 3.05) is 37.6 Å². The highest BCUT2D eigenvalue weighted by atomic mass is 35.5. The molecule has 1 unspecified atom stereocenters. The highest BCUT2D eigenvalue weighted by Gasteiger charge is 2.20. The molecule has 1 atom stereocenters. The number of halogens is 1. The Morgan fingerprint density at radius 2 is 1.83 bits per heavy atom. The standard InChI is InChI=1S/C18H19ClN4O/c19-16-4-2-15(3-5-16)17(24)13-22-7-9-23(10-8-22)18-6-1-14(11-20)12-21-18/h1-6,12,17,24H,7-10,13H2. The van der Waals surface area contributed by atoms with Crippen LogP contribution in [0.3, 0.4) is 0 Å². The van der Waals surface area contributed by atoms with Gasteiger partial charge in [0.15, 0.2) is 0 Å². The van der Waals surface area contributed by atoms with Crippen LogP contribution < -0.4 is 4.90 Å². The van der Waals surface area contributed by atoms with Crippen molar-refractivity contribution in [3.05, 3.63) is 58.7 Å². The number of hydrogen-bond acceptors (Lipinski definition) is 5. The number of β-amino-alcohol motifs (C(OH)–C–C–N with tert-alkyl or cyclic N) is 1. The van der Waals surface area contributed by atoms with Crippen LogP contribution >= 0.6 is 11.6 Å². The van der Waals surface area contributed by atoms with Gasteiger partial charge in [-0.15, -0.1) is 0 Å². The number of rotatable bonds is 4. The molecule has 1 N–H and O–H groups in total. The monoisotopic (exact) mass is 342 g/mol. The number of benzene rings is 1. The zero-order valence-corrected chi connectivity index (χ0v) is 14.0. The van der Waals surface area contributed by atoms with E-state index in [-0.39, 0.29) is 0 Å². The molecule has 0 bridgehead atoms. The molecule has 0 saturated carbocycles. The molecule has 1 fully saturated rings. The predicted octanol–water partition coefficient (Wildman–Crippen LogP) is 2.46. The maximum Gasteiger partial charge on any atom is 0.128 e. The molecule has 24 heavy (non-hydrogen) atoms. The van der Waals surface area contributed by atoms with Crippen molar-refractivity contribution in [2.24, 2.45) is 0 Å². The van der Waals surface area contributed by atoms with Crippen LogP contribution in [0.15, 0.2) is 42.6 Å². The van der Waals surface area contributed by atoms with E-state index in [0.29, 0.717) is 17.1 Å². The number of aliphatic hydroxyl groups excluding tert-OH is 1. The molecule has 124 valence electrons. The largest absolute Gasteiger partial charge is 0.387 e. The molecular weight excluding hydrogens is 324 g/mol. The summed E-state index contributed by atoms with van der Waals surface area (Å²) in [5, 5.41) is 19.9. The highest BCUT2D eigenvalue weighted by Crippen LogP contribution is 2.19. The van der Waals surface area contributed by atoms with E-state index in [9.17, 15) is 5.11 Å². The van der Waals surface area contributed by atoms with Crippen LogP contribution in [0.25, 0.3) is 0 Å². The molecular formula is C18H19ClN4O. The zero-order valence-electron chi connectivity index (χ0n) is 13.3. The van der Waals surface area contributed by atoms with E-state index in [2.05, 4.69) is 20.9 Å². The molecule has 1 aliphatic rings. The van der Waals surface area contributed by atoms with Gasteiger partial charge in [-0.2, -0.15) is 5.26 Å². The van der Waals surface area contributed by atoms with Gasteiger partial charge in [0.2, 0.25) is 0 Å². The molecule has 0 radical (unpaired) electrons. The lowest BCUT2D eigenvalue weighted by atomic mass is 10.1. The van der Waals surface area contributed by atoms with Crippen molar-refractivity contribution in [2.45, 2.75) is 6.10 Å². The molecule has 1 saturated heterocycles. The summed E-state index contributed by atoms with van der Waals surface area (Å²) in [7, 11) is 0. The topological polar surface area (TPSA) is 63.4 Å². The summed E-state index contributed by atoms with van der Waals surface area (Å²) >= 11 is 5.88. The lowest BCUT2D eigenvalue weighted by Gasteiger charge is -2.36. The normalized spacial score (nSPS) is 16.6. The van der Waals surface area contributed by atoms with E-state index >= 15 is 0 Å². The van der Waals surface area contributed by atoms with E-state index in [1.807, 2.05) is 18.2 Å². The first-order chi connectivity index (χ1) is 11.7. The molecule has 0 amide bonds. The van der Waals surface area contributed by atoms with E-state index in [0.717, 1.165) is 37.6 Å². The fourth-order valence-electron chi connectivity index (χ4n) is 2.83. The smallest absolute Gasteiger partial charge is 0.128 e. The Hall–Kier alpha value is -2.13. The van der Waals surface area contributed by atoms with Crippen molar-refractivity contribution in [3.8, 4) is 6.07 Å². The molecule has 5 nitrogen and oxygen atoms in total. The van der Waals surface area contributed by atoms with Gasteiger partial charge in [0.25, 0.3) is 0 Å². The predicted molar refractivity (Wildman–Crippen MR) is 94.0 cm³/mol. The Labute approximate surface area is 146 Å². The third-order valence-corrected chi connectivity index (χ3v) is 4.51. The van der Waals surface area contributed by atoms with Gasteiger partial charge in [0.1, 0.15) is 11.9 Å². The van der Waals surface area contributed by atoms with Gasteiger partial charge in [-0.25, -0.2) is 4.98 Å². The van der Waals surface area contributed by atoms with E-state index in [4.69, 9.17) is 16.9 Å². The summed E-state index contributed by atoms with van der Waals surface area (Å²) in [6.07, 6.45) is 1.09. The molecule has 2 heterocycles. The Morgan fingerprint density at radius 1 is 1.12 bits per heavy atom. The second-order valence-corrected chi connectivity index (χ2v) is 6.31. The fraction of sp³-hybridized carbons (Fsp3) is 0.333. The minimum absolute atomic E-state index is 0.512. The Morgan fingerprint density at radius 3 is 2.42 bits per heavy atom. The first kappa shape index (κ1) is 16.7. The summed E-state index contributed by atoms with van der Waals surface area (Å²) in [4.78, 5) is 8.79. The van der Waals surface area contributed by atoms with E-state index < -0.39 is 6.10 Å². The van der Waals surface area contributed by atoms with Crippen molar-refractivity contribution >= 4 is 17.4 Å². The van der Waals surface area contributed by atoms with Crippen molar-refractivity contribution in [1.82, 2.24) is 9.88 Å². The van der Waals surface area contributed by atoms with Crippen molar-refractivity contribution < 1.29 is 5.11 Å². The number of aliphatic hydroxyl groups is 1. The number of anilines is 1. The van der Waals surface area contributed by atoms with Gasteiger partial charge >= 0.3 is 0 Å². The quantitative estimate of drug-likeness (QED) is 0.924. The molecule has 3 rings (SSSR count). The first-order valence-corrected chi connectivity index (χ1v) is 8.30. The van der Waals surface area contributed by atoms with Crippen LogP contribution in [0.4, 0.5) is 5.82 Å². The summed E-state index contributed by atoms with van der Waals surface area (Å²) in [5.41, 5.74) is 1.46. The van der Waals surface area contributed by atoms with Crippen molar-refractivity contribution in [1.29, 1.82) is 5.26 Å². The third-order valence-electron chi connectivity index (χ3n) is 4.26. The van der Waals surface area contributed by atoms with Gasteiger partial charge in [-0.05, 0) is 29.8 Å². The minimum Gasteiger partial charge on any atom is -0.387 e. The van der Waals surface area contributed by atoms with Gasteiger partial charge in [0, 0.05) is 43.9 Å². The number of pyridine rings is 1. The maximum atomic E-state index is 10.4. The van der Waals surface area contributed by atoms with Gasteiger partial charge in [-0.3, -0.25) is 4.90 Å². The summed E-state index contributed by atoms with van der Waals surface area (Å²) in [5.74, 6) is 0.895. The number of nitriles is 1. The lowest BCUT2D eigenvalue weighted by molar-refractivity contribution is 0.109. The number of nitrogens with zero attached hydrogens (tertiary/aromatic N) is 4. The number of hydrogen-bond donors (Lipinski definition) is 1. The third kappa shape index (κ3) is 4.04.